The van der Waals surface area contributed by atoms with Gasteiger partial charge in [-0.2, -0.15) is 21.0 Å². The minimum atomic E-state index is -1.65. The lowest BCUT2D eigenvalue weighted by molar-refractivity contribution is 0.449. The van der Waals surface area contributed by atoms with Gasteiger partial charge in [0, 0.05) is 22.3 Å². The van der Waals surface area contributed by atoms with Crippen LogP contribution in [0.1, 0.15) is 33.4 Å². The quantitative estimate of drug-likeness (QED) is 0.102. The summed E-state index contributed by atoms with van der Waals surface area (Å²) in [5.74, 6) is -13.0. The summed E-state index contributed by atoms with van der Waals surface area (Å²) in [5.41, 5.74) is -3.30. The summed E-state index contributed by atoms with van der Waals surface area (Å²) >= 11 is 0. The van der Waals surface area contributed by atoms with Crippen molar-refractivity contribution >= 4 is 11.1 Å². The highest BCUT2D eigenvalue weighted by Gasteiger charge is 2.35. The fraction of sp³-hybridized carbons (Fsp3) is 0.0500. The molecule has 5 aromatic rings. The fourth-order valence-corrected chi connectivity index (χ4v) is 6.83. The first-order chi connectivity index (χ1) is 24.8. The van der Waals surface area contributed by atoms with Gasteiger partial charge in [0.15, 0.2) is 46.5 Å². The van der Waals surface area contributed by atoms with Crippen molar-refractivity contribution in [1.29, 1.82) is 21.0 Å². The third kappa shape index (κ3) is 4.42. The van der Waals surface area contributed by atoms with Crippen molar-refractivity contribution in [2.75, 3.05) is 0 Å². The topological polar surface area (TPSA) is 95.2 Å². The van der Waals surface area contributed by atoms with E-state index in [1.807, 2.05) is 0 Å². The molecule has 12 heteroatoms. The molecule has 0 amide bonds. The Morgan fingerprint density at radius 2 is 0.673 bits per heavy atom. The Morgan fingerprint density at radius 3 is 0.962 bits per heavy atom. The van der Waals surface area contributed by atoms with Crippen LogP contribution in [0.4, 0.5) is 35.1 Å². The molecule has 0 N–H and O–H groups in total. The summed E-state index contributed by atoms with van der Waals surface area (Å²) in [6.45, 7) is 1.74. The van der Waals surface area contributed by atoms with Gasteiger partial charge in [0.05, 0.1) is 11.1 Å². The zero-order valence-electron chi connectivity index (χ0n) is 26.4. The number of hydrogen-bond acceptors (Lipinski definition) is 4. The van der Waals surface area contributed by atoms with Crippen LogP contribution in [0, 0.1) is 106 Å². The Morgan fingerprint density at radius 1 is 0.385 bits per heavy atom. The first-order valence-corrected chi connectivity index (χ1v) is 15.0. The Labute approximate surface area is 289 Å². The van der Waals surface area contributed by atoms with Gasteiger partial charge in [-0.1, -0.05) is 24.3 Å². The highest BCUT2D eigenvalue weighted by Crippen LogP contribution is 2.54. The molecule has 250 valence electrons. The van der Waals surface area contributed by atoms with E-state index < -0.39 is 79.9 Å². The van der Waals surface area contributed by atoms with Crippen LogP contribution in [0.15, 0.2) is 59.7 Å². The monoisotopic (exact) mass is 702 g/mol. The molecule has 0 spiro atoms. The Bertz CT molecular complexity index is 2500. The van der Waals surface area contributed by atoms with Crippen LogP contribution in [-0.4, -0.2) is 0 Å². The molecule has 0 fully saturated rings. The summed E-state index contributed by atoms with van der Waals surface area (Å²) in [6, 6.07) is 17.6. The van der Waals surface area contributed by atoms with Crippen molar-refractivity contribution in [3.05, 3.63) is 140 Å². The molecule has 0 aromatic heterocycles. The standard InChI is InChI=1S/C40H14F8N4/c1-15-33(41)37(45)31(38(46)34(15)42)17-3-5-21-23-9-28-24(10-27(23)29(25(21)7-17)19(11-49)12-50)22-6-4-18(8-26(22)30(28)20(13-51)14-52)32-39(47)35(43)16(2)36(44)40(32)48/h3-10H,1-2H3. The normalized spacial score (nSPS) is 11.9. The molecule has 0 aliphatic heterocycles. The van der Waals surface area contributed by atoms with Crippen molar-refractivity contribution in [3.63, 3.8) is 0 Å². The van der Waals surface area contributed by atoms with E-state index in [2.05, 4.69) is 0 Å². The van der Waals surface area contributed by atoms with Gasteiger partial charge in [-0.25, -0.2) is 35.1 Å². The number of benzene rings is 5. The van der Waals surface area contributed by atoms with Gasteiger partial charge in [0.2, 0.25) is 0 Å². The molecule has 0 radical (unpaired) electrons. The van der Waals surface area contributed by atoms with Crippen LogP contribution in [0.2, 0.25) is 0 Å². The van der Waals surface area contributed by atoms with Crippen LogP contribution in [-0.2, 0) is 0 Å². The maximum Gasteiger partial charge on any atom is 0.170 e. The van der Waals surface area contributed by atoms with Gasteiger partial charge < -0.3 is 0 Å². The Hall–Kier alpha value is -7.02. The summed E-state index contributed by atoms with van der Waals surface area (Å²) in [4.78, 5) is 0. The van der Waals surface area contributed by atoms with Crippen LogP contribution in [0.25, 0.3) is 55.7 Å². The van der Waals surface area contributed by atoms with Gasteiger partial charge in [-0.3, -0.25) is 0 Å². The molecule has 0 bridgehead atoms. The van der Waals surface area contributed by atoms with Gasteiger partial charge >= 0.3 is 0 Å². The van der Waals surface area contributed by atoms with Gasteiger partial charge in [0.1, 0.15) is 35.4 Å². The third-order valence-electron chi connectivity index (χ3n) is 9.34. The number of rotatable bonds is 2. The van der Waals surface area contributed by atoms with Crippen molar-refractivity contribution in [3.8, 4) is 68.8 Å². The highest BCUT2D eigenvalue weighted by atomic mass is 19.2. The van der Waals surface area contributed by atoms with Crippen LogP contribution in [0.3, 0.4) is 0 Å². The molecule has 0 heterocycles. The van der Waals surface area contributed by atoms with Gasteiger partial charge in [-0.05, 0) is 93.7 Å². The fourth-order valence-electron chi connectivity index (χ4n) is 6.83. The van der Waals surface area contributed by atoms with E-state index in [-0.39, 0.29) is 44.5 Å². The molecule has 4 nitrogen and oxygen atoms in total. The zero-order chi connectivity index (χ0) is 37.5. The maximum absolute atomic E-state index is 15.1. The number of hydrogen-bond donors (Lipinski definition) is 0. The average molecular weight is 703 g/mol. The summed E-state index contributed by atoms with van der Waals surface area (Å²) in [5, 5.41) is 39.8. The van der Waals surface area contributed by atoms with E-state index in [1.165, 1.54) is 48.5 Å². The molecule has 0 atom stereocenters. The predicted octanol–water partition coefficient (Wildman–Crippen LogP) is 10.4. The zero-order valence-corrected chi connectivity index (χ0v) is 26.4. The minimum absolute atomic E-state index is 0.000315. The molecular formula is C40H14F8N4. The highest BCUT2D eigenvalue weighted by molar-refractivity contribution is 6.11. The second-order valence-corrected chi connectivity index (χ2v) is 11.9. The molecule has 5 aromatic carbocycles. The lowest BCUT2D eigenvalue weighted by Crippen LogP contribution is -2.03. The molecule has 2 aliphatic carbocycles. The summed E-state index contributed by atoms with van der Waals surface area (Å²) in [6.07, 6.45) is 0. The van der Waals surface area contributed by atoms with Crippen LogP contribution in [0.5, 0.6) is 0 Å². The Kier molecular flexibility index (Phi) is 7.60. The van der Waals surface area contributed by atoms with E-state index in [1.54, 1.807) is 24.3 Å². The average Bonchev–Trinajstić information content (AvgIpc) is 3.63. The van der Waals surface area contributed by atoms with E-state index in [0.717, 1.165) is 13.8 Å². The number of fused-ring (bicyclic) bond motifs is 6. The number of nitriles is 4. The van der Waals surface area contributed by atoms with E-state index in [0.29, 0.717) is 22.3 Å². The van der Waals surface area contributed by atoms with Crippen molar-refractivity contribution < 1.29 is 35.1 Å². The second kappa shape index (κ2) is 11.8. The largest absolute Gasteiger partial charge is 0.203 e. The van der Waals surface area contributed by atoms with Crippen molar-refractivity contribution in [2.24, 2.45) is 0 Å². The first kappa shape index (κ1) is 33.5. The molecule has 7 rings (SSSR count). The molecule has 52 heavy (non-hydrogen) atoms. The lowest BCUT2D eigenvalue weighted by atomic mass is 9.93. The minimum Gasteiger partial charge on any atom is -0.203 e. The molecule has 0 saturated heterocycles. The number of allylic oxidation sites excluding steroid dienone is 2. The van der Waals surface area contributed by atoms with E-state index >= 15 is 17.6 Å². The van der Waals surface area contributed by atoms with Gasteiger partial charge in [-0.15, -0.1) is 0 Å². The van der Waals surface area contributed by atoms with Crippen LogP contribution < -0.4 is 0 Å². The Balaban J connectivity index is 1.50. The van der Waals surface area contributed by atoms with Crippen molar-refractivity contribution in [1.82, 2.24) is 0 Å². The lowest BCUT2D eigenvalue weighted by Gasteiger charge is -2.12. The summed E-state index contributed by atoms with van der Waals surface area (Å²) in [7, 11) is 0. The van der Waals surface area contributed by atoms with Crippen molar-refractivity contribution in [2.45, 2.75) is 13.8 Å². The SMILES string of the molecule is Cc1c(F)c(F)c(-c2ccc3c(c2)C(=C(C#N)C#N)c2cc4c(cc2-3)C(=C(C#N)C#N)c2cc(-c3c(F)c(F)c(C)c(F)c3F)ccc2-4)c(F)c1F. The molecule has 0 saturated carbocycles. The third-order valence-corrected chi connectivity index (χ3v) is 9.34. The smallest absolute Gasteiger partial charge is 0.170 e. The first-order valence-electron chi connectivity index (χ1n) is 15.0. The maximum atomic E-state index is 15.1. The van der Waals surface area contributed by atoms with Gasteiger partial charge in [0.25, 0.3) is 0 Å². The number of halogens is 8. The number of nitrogens with zero attached hydrogens (tertiary/aromatic N) is 4. The molecule has 2 aliphatic rings. The summed E-state index contributed by atoms with van der Waals surface area (Å²) < 4.78 is 119. The van der Waals surface area contributed by atoms with E-state index in [9.17, 15) is 38.6 Å². The van der Waals surface area contributed by atoms with Crippen LogP contribution >= 0.6 is 0 Å². The second-order valence-electron chi connectivity index (χ2n) is 11.9. The van der Waals surface area contributed by atoms with E-state index in [4.69, 9.17) is 0 Å². The molecule has 0 unspecified atom stereocenters. The molecular weight excluding hydrogens is 688 g/mol. The predicted molar refractivity (Wildman–Crippen MR) is 172 cm³/mol.